The quantitative estimate of drug-likeness (QED) is 0.859. The number of carbonyl (C=O) groups is 1. The van der Waals surface area contributed by atoms with Crippen molar-refractivity contribution in [3.8, 4) is 5.75 Å². The van der Waals surface area contributed by atoms with Crippen LogP contribution in [-0.2, 0) is 20.1 Å². The van der Waals surface area contributed by atoms with Gasteiger partial charge in [-0.2, -0.15) is 0 Å². The van der Waals surface area contributed by atoms with E-state index in [9.17, 15) is 4.79 Å². The number of hydrogen-bond donors (Lipinski definition) is 0. The number of carbonyl (C=O) groups excluding carboxylic acids is 1. The third kappa shape index (κ3) is 2.69. The predicted octanol–water partition coefficient (Wildman–Crippen LogP) is 3.01. The van der Waals surface area contributed by atoms with E-state index in [4.69, 9.17) is 14.2 Å². The van der Waals surface area contributed by atoms with E-state index >= 15 is 0 Å². The van der Waals surface area contributed by atoms with Crippen LogP contribution < -0.4 is 9.64 Å². The summed E-state index contributed by atoms with van der Waals surface area (Å²) in [6, 6.07) is 15.5. The van der Waals surface area contributed by atoms with Gasteiger partial charge in [0, 0.05) is 5.56 Å². The molecular formula is C20H21NO4. The molecule has 1 fully saturated rings. The SMILES string of the molecule is Cc1ccccc1OCCN1C(=O)C2(OCCCO2)c2ccccc21. The molecule has 0 aromatic heterocycles. The lowest BCUT2D eigenvalue weighted by atomic mass is 10.1. The van der Waals surface area contributed by atoms with E-state index in [0.29, 0.717) is 26.4 Å². The molecule has 2 aromatic rings. The van der Waals surface area contributed by atoms with Crippen LogP contribution in [0.1, 0.15) is 17.5 Å². The van der Waals surface area contributed by atoms with E-state index in [1.165, 1.54) is 0 Å². The molecule has 5 heteroatoms. The number of fused-ring (bicyclic) bond motifs is 2. The van der Waals surface area contributed by atoms with E-state index in [1.54, 1.807) is 4.90 Å². The largest absolute Gasteiger partial charge is 0.491 e. The fraction of sp³-hybridized carbons (Fsp3) is 0.350. The van der Waals surface area contributed by atoms with Crippen molar-refractivity contribution in [2.45, 2.75) is 19.1 Å². The molecule has 1 saturated heterocycles. The van der Waals surface area contributed by atoms with Crippen LogP contribution in [0.3, 0.4) is 0 Å². The van der Waals surface area contributed by atoms with Crippen molar-refractivity contribution in [1.29, 1.82) is 0 Å². The number of aryl methyl sites for hydroxylation is 1. The summed E-state index contributed by atoms with van der Waals surface area (Å²) in [6.07, 6.45) is 0.799. The first-order valence-corrected chi connectivity index (χ1v) is 8.60. The number of hydrogen-bond acceptors (Lipinski definition) is 4. The summed E-state index contributed by atoms with van der Waals surface area (Å²) >= 11 is 0. The first kappa shape index (κ1) is 16.1. The molecule has 2 aromatic carbocycles. The Kier molecular flexibility index (Phi) is 4.19. The number of rotatable bonds is 4. The normalized spacial score (nSPS) is 18.4. The van der Waals surface area contributed by atoms with Gasteiger partial charge in [0.1, 0.15) is 12.4 Å². The monoisotopic (exact) mass is 339 g/mol. The Balaban J connectivity index is 1.54. The van der Waals surface area contributed by atoms with Gasteiger partial charge in [0.05, 0.1) is 25.4 Å². The van der Waals surface area contributed by atoms with Crippen LogP contribution in [0.15, 0.2) is 48.5 Å². The van der Waals surface area contributed by atoms with Crippen LogP contribution in [0.4, 0.5) is 5.69 Å². The van der Waals surface area contributed by atoms with Gasteiger partial charge >= 0.3 is 0 Å². The fourth-order valence-electron chi connectivity index (χ4n) is 3.39. The van der Waals surface area contributed by atoms with E-state index in [1.807, 2.05) is 55.5 Å². The topological polar surface area (TPSA) is 48.0 Å². The molecule has 2 aliphatic rings. The summed E-state index contributed by atoms with van der Waals surface area (Å²) in [4.78, 5) is 14.8. The van der Waals surface area contributed by atoms with Crippen LogP contribution >= 0.6 is 0 Å². The van der Waals surface area contributed by atoms with Crippen LogP contribution in [0.25, 0.3) is 0 Å². The number of para-hydroxylation sites is 2. The zero-order chi connectivity index (χ0) is 17.3. The van der Waals surface area contributed by atoms with E-state index in [-0.39, 0.29) is 5.91 Å². The van der Waals surface area contributed by atoms with Crippen molar-refractivity contribution >= 4 is 11.6 Å². The molecular weight excluding hydrogens is 318 g/mol. The summed E-state index contributed by atoms with van der Waals surface area (Å²) in [5.74, 6) is -0.610. The van der Waals surface area contributed by atoms with Gasteiger partial charge in [-0.05, 0) is 31.0 Å². The summed E-state index contributed by atoms with van der Waals surface area (Å²) in [7, 11) is 0. The molecule has 0 radical (unpaired) electrons. The molecule has 2 aliphatic heterocycles. The lowest BCUT2D eigenvalue weighted by Crippen LogP contribution is -2.48. The van der Waals surface area contributed by atoms with Gasteiger partial charge in [-0.25, -0.2) is 0 Å². The standard InChI is InChI=1S/C20H21NO4/c1-15-7-2-5-10-18(15)23-14-11-21-17-9-4-3-8-16(17)20(19(21)22)24-12-6-13-25-20/h2-5,7-10H,6,11-14H2,1H3. The highest BCUT2D eigenvalue weighted by Crippen LogP contribution is 2.44. The molecule has 25 heavy (non-hydrogen) atoms. The van der Waals surface area contributed by atoms with E-state index in [0.717, 1.165) is 29.0 Å². The molecule has 5 nitrogen and oxygen atoms in total. The van der Waals surface area contributed by atoms with Crippen LogP contribution in [0.2, 0.25) is 0 Å². The second-order valence-corrected chi connectivity index (χ2v) is 6.25. The summed E-state index contributed by atoms with van der Waals surface area (Å²) in [5, 5.41) is 0. The predicted molar refractivity (Wildman–Crippen MR) is 93.7 cm³/mol. The van der Waals surface area contributed by atoms with E-state index < -0.39 is 5.79 Å². The highest BCUT2D eigenvalue weighted by atomic mass is 16.7. The lowest BCUT2D eigenvalue weighted by Gasteiger charge is -2.32. The highest BCUT2D eigenvalue weighted by molar-refractivity contribution is 6.06. The van der Waals surface area contributed by atoms with Crippen molar-refractivity contribution in [2.75, 3.05) is 31.3 Å². The molecule has 130 valence electrons. The Morgan fingerprint density at radius 2 is 1.80 bits per heavy atom. The third-order valence-corrected chi connectivity index (χ3v) is 4.64. The van der Waals surface area contributed by atoms with Crippen molar-refractivity contribution in [2.24, 2.45) is 0 Å². The second-order valence-electron chi connectivity index (χ2n) is 6.25. The van der Waals surface area contributed by atoms with Crippen LogP contribution in [0, 0.1) is 6.92 Å². The summed E-state index contributed by atoms with van der Waals surface area (Å²) in [6.45, 7) is 3.89. The Labute approximate surface area is 147 Å². The first-order chi connectivity index (χ1) is 12.2. The Bertz CT molecular complexity index is 783. The molecule has 0 unspecified atom stereocenters. The second kappa shape index (κ2) is 6.50. The summed E-state index contributed by atoms with van der Waals surface area (Å²) in [5.41, 5.74) is 2.70. The van der Waals surface area contributed by atoms with Crippen molar-refractivity contribution < 1.29 is 19.0 Å². The van der Waals surface area contributed by atoms with Gasteiger partial charge in [0.25, 0.3) is 11.7 Å². The smallest absolute Gasteiger partial charge is 0.292 e. The summed E-state index contributed by atoms with van der Waals surface area (Å²) < 4.78 is 17.5. The highest BCUT2D eigenvalue weighted by Gasteiger charge is 2.54. The van der Waals surface area contributed by atoms with Crippen LogP contribution in [0.5, 0.6) is 5.75 Å². The minimum Gasteiger partial charge on any atom is -0.491 e. The third-order valence-electron chi connectivity index (χ3n) is 4.64. The molecule has 1 amide bonds. The minimum atomic E-state index is -1.28. The number of amides is 1. The number of nitrogens with zero attached hydrogens (tertiary/aromatic N) is 1. The maximum absolute atomic E-state index is 13.1. The van der Waals surface area contributed by atoms with Gasteiger partial charge in [-0.1, -0.05) is 36.4 Å². The lowest BCUT2D eigenvalue weighted by molar-refractivity contribution is -0.256. The van der Waals surface area contributed by atoms with Gasteiger partial charge < -0.3 is 19.1 Å². The molecule has 1 spiro atoms. The molecule has 0 bridgehead atoms. The van der Waals surface area contributed by atoms with Crippen molar-refractivity contribution in [3.63, 3.8) is 0 Å². The Morgan fingerprint density at radius 3 is 2.60 bits per heavy atom. The number of benzene rings is 2. The maximum atomic E-state index is 13.1. The average Bonchev–Trinajstić information content (AvgIpc) is 2.87. The number of ether oxygens (including phenoxy) is 3. The fourth-order valence-corrected chi connectivity index (χ4v) is 3.39. The molecule has 0 N–H and O–H groups in total. The van der Waals surface area contributed by atoms with Gasteiger partial charge in [0.15, 0.2) is 0 Å². The zero-order valence-electron chi connectivity index (χ0n) is 14.2. The van der Waals surface area contributed by atoms with Crippen LogP contribution in [-0.4, -0.2) is 32.3 Å². The molecule has 4 rings (SSSR count). The maximum Gasteiger partial charge on any atom is 0.292 e. The van der Waals surface area contributed by atoms with Crippen molar-refractivity contribution in [1.82, 2.24) is 0 Å². The molecule has 0 atom stereocenters. The van der Waals surface area contributed by atoms with Gasteiger partial charge in [-0.15, -0.1) is 0 Å². The molecule has 2 heterocycles. The Morgan fingerprint density at radius 1 is 1.08 bits per heavy atom. The zero-order valence-corrected chi connectivity index (χ0v) is 14.2. The average molecular weight is 339 g/mol. The van der Waals surface area contributed by atoms with Gasteiger partial charge in [0.2, 0.25) is 0 Å². The minimum absolute atomic E-state index is 0.165. The Hall–Kier alpha value is -2.37. The molecule has 0 saturated carbocycles. The molecule has 0 aliphatic carbocycles. The first-order valence-electron chi connectivity index (χ1n) is 8.60. The van der Waals surface area contributed by atoms with Gasteiger partial charge in [-0.3, -0.25) is 4.79 Å². The number of anilines is 1. The van der Waals surface area contributed by atoms with E-state index in [2.05, 4.69) is 0 Å². The van der Waals surface area contributed by atoms with Crippen molar-refractivity contribution in [3.05, 3.63) is 59.7 Å².